The summed E-state index contributed by atoms with van der Waals surface area (Å²) < 4.78 is 0. The number of anilines is 1. The van der Waals surface area contributed by atoms with Gasteiger partial charge in [0.15, 0.2) is 6.29 Å². The van der Waals surface area contributed by atoms with E-state index in [0.717, 1.165) is 45.8 Å². The van der Waals surface area contributed by atoms with Crippen LogP contribution in [0.15, 0.2) is 52.3 Å². The number of aromatic amines is 1. The van der Waals surface area contributed by atoms with Crippen LogP contribution in [0.3, 0.4) is 0 Å². The predicted octanol–water partition coefficient (Wildman–Crippen LogP) is 4.84. The Hall–Kier alpha value is -3.08. The van der Waals surface area contributed by atoms with Crippen molar-refractivity contribution in [1.82, 2.24) is 9.88 Å². The van der Waals surface area contributed by atoms with Crippen LogP contribution in [0.5, 0.6) is 0 Å². The second kappa shape index (κ2) is 8.34. The first kappa shape index (κ1) is 21.6. The highest BCUT2D eigenvalue weighted by Gasteiger charge is 2.31. The maximum atomic E-state index is 11.6. The molecule has 5 heteroatoms. The van der Waals surface area contributed by atoms with Crippen molar-refractivity contribution in [3.05, 3.63) is 75.4 Å². The number of aliphatic imine (C=N–C) groups is 1. The molecule has 0 amide bonds. The summed E-state index contributed by atoms with van der Waals surface area (Å²) in [6.45, 7) is 8.33. The molecular weight excluding hydrogens is 372 g/mol. The molecule has 5 nitrogen and oxygen atoms in total. The average Bonchev–Trinajstić information content (AvgIpc) is 3.14. The van der Waals surface area contributed by atoms with Crippen LogP contribution in [0, 0.1) is 13.8 Å². The molecule has 0 spiro atoms. The summed E-state index contributed by atoms with van der Waals surface area (Å²) in [7, 11) is 8.10. The highest BCUT2D eigenvalue weighted by Crippen LogP contribution is 2.38. The molecule has 1 aliphatic heterocycles. The minimum Gasteiger partial charge on any atom is -0.382 e. The lowest BCUT2D eigenvalue weighted by atomic mass is 9.85. The van der Waals surface area contributed by atoms with Gasteiger partial charge in [0, 0.05) is 45.8 Å². The summed E-state index contributed by atoms with van der Waals surface area (Å²) in [4.78, 5) is 24.1. The summed E-state index contributed by atoms with van der Waals surface area (Å²) >= 11 is 0. The number of rotatable bonds is 6. The van der Waals surface area contributed by atoms with Crippen molar-refractivity contribution in [1.29, 1.82) is 0 Å². The number of carbonyl (C=O) groups excluding carboxylic acids is 1. The first-order valence-electron chi connectivity index (χ1n) is 10.2. The Labute approximate surface area is 179 Å². The summed E-state index contributed by atoms with van der Waals surface area (Å²) in [6.07, 6.45) is 2.96. The quantitative estimate of drug-likeness (QED) is 0.701. The van der Waals surface area contributed by atoms with Gasteiger partial charge in [-0.05, 0) is 67.7 Å². The van der Waals surface area contributed by atoms with Gasteiger partial charge in [-0.15, -0.1) is 0 Å². The molecule has 1 atom stereocenters. The minimum absolute atomic E-state index is 0.0726. The van der Waals surface area contributed by atoms with Crippen molar-refractivity contribution in [2.45, 2.75) is 33.6 Å². The van der Waals surface area contributed by atoms with E-state index in [2.05, 4.69) is 61.1 Å². The van der Waals surface area contributed by atoms with Crippen LogP contribution in [0.25, 0.3) is 0 Å². The fourth-order valence-electron chi connectivity index (χ4n) is 3.90. The number of benzene rings is 1. The lowest BCUT2D eigenvalue weighted by molar-refractivity contribution is 0.111. The molecule has 2 heterocycles. The molecule has 0 fully saturated rings. The van der Waals surface area contributed by atoms with Gasteiger partial charge in [-0.2, -0.15) is 0 Å². The van der Waals surface area contributed by atoms with Gasteiger partial charge in [0.2, 0.25) is 0 Å². The van der Waals surface area contributed by atoms with Gasteiger partial charge in [-0.3, -0.25) is 9.79 Å². The Kier molecular flexibility index (Phi) is 6.01. The third-order valence-corrected chi connectivity index (χ3v) is 6.01. The van der Waals surface area contributed by atoms with Gasteiger partial charge in [0.05, 0.1) is 23.0 Å². The highest BCUT2D eigenvalue weighted by atomic mass is 16.1. The molecular formula is C25H32N4O. The van der Waals surface area contributed by atoms with Crippen LogP contribution in [-0.4, -0.2) is 50.1 Å². The van der Waals surface area contributed by atoms with Gasteiger partial charge in [0.1, 0.15) is 0 Å². The minimum atomic E-state index is -0.0726. The van der Waals surface area contributed by atoms with Crippen molar-refractivity contribution < 1.29 is 4.79 Å². The Bertz CT molecular complexity index is 1050. The normalized spacial score (nSPS) is 16.1. The third-order valence-electron chi connectivity index (χ3n) is 6.01. The Morgan fingerprint density at radius 2 is 1.57 bits per heavy atom. The van der Waals surface area contributed by atoms with E-state index in [1.807, 2.05) is 40.0 Å². The number of carbonyl (C=O) groups is 1. The number of hydrogen-bond acceptors (Lipinski definition) is 4. The molecule has 1 aliphatic rings. The van der Waals surface area contributed by atoms with Crippen LogP contribution in [-0.2, 0) is 0 Å². The summed E-state index contributed by atoms with van der Waals surface area (Å²) in [5.41, 5.74) is 10.5. The number of aromatic nitrogens is 1. The molecule has 0 saturated carbocycles. The predicted molar refractivity (Wildman–Crippen MR) is 126 cm³/mol. The molecule has 3 rings (SSSR count). The number of nitrogens with zero attached hydrogens (tertiary/aromatic N) is 3. The first-order chi connectivity index (χ1) is 14.1. The van der Waals surface area contributed by atoms with Crippen molar-refractivity contribution in [3.8, 4) is 0 Å². The zero-order valence-electron chi connectivity index (χ0n) is 19.3. The van der Waals surface area contributed by atoms with Gasteiger partial charge >= 0.3 is 0 Å². The van der Waals surface area contributed by atoms with E-state index >= 15 is 0 Å². The van der Waals surface area contributed by atoms with Crippen LogP contribution in [0.2, 0.25) is 0 Å². The van der Waals surface area contributed by atoms with Crippen LogP contribution >= 0.6 is 0 Å². The lowest BCUT2D eigenvalue weighted by Gasteiger charge is -2.21. The number of aldehydes is 1. The average molecular weight is 405 g/mol. The van der Waals surface area contributed by atoms with Crippen LogP contribution < -0.4 is 4.90 Å². The molecule has 0 radical (unpaired) electrons. The summed E-state index contributed by atoms with van der Waals surface area (Å²) in [5, 5.41) is 0. The van der Waals surface area contributed by atoms with Gasteiger partial charge in [-0.1, -0.05) is 12.1 Å². The first-order valence-corrected chi connectivity index (χ1v) is 10.2. The standard InChI is InChI=1S/C25H32N4O/c1-15-17(3)24(26-21(15)13-28(5)6)23(19-9-11-20(12-10-19)29(7)8)25-18(4)16(2)22(14-30)27-25/h9-14,23,27H,1-8H3/b21-13+. The van der Waals surface area contributed by atoms with Gasteiger partial charge in [-0.25, -0.2) is 0 Å². The highest BCUT2D eigenvalue weighted by molar-refractivity contribution is 6.10. The molecule has 30 heavy (non-hydrogen) atoms. The SMILES string of the molecule is CC1=C(C)/C(=C\N(C)C)N=C1C(c1ccc(N(C)C)cc1)c1[nH]c(C=O)c(C)c1C. The molecule has 1 unspecified atom stereocenters. The van der Waals surface area contributed by atoms with Crippen LogP contribution in [0.4, 0.5) is 5.69 Å². The van der Waals surface area contributed by atoms with Crippen LogP contribution in [0.1, 0.15) is 52.6 Å². The molecule has 1 N–H and O–H groups in total. The van der Waals surface area contributed by atoms with E-state index in [1.165, 1.54) is 11.1 Å². The lowest BCUT2D eigenvalue weighted by Crippen LogP contribution is -2.16. The van der Waals surface area contributed by atoms with E-state index in [0.29, 0.717) is 5.69 Å². The van der Waals surface area contributed by atoms with Crippen molar-refractivity contribution in [2.24, 2.45) is 4.99 Å². The second-order valence-electron chi connectivity index (χ2n) is 8.46. The molecule has 0 saturated heterocycles. The zero-order chi connectivity index (χ0) is 22.2. The van der Waals surface area contributed by atoms with Crippen molar-refractivity contribution >= 4 is 17.7 Å². The molecule has 1 aromatic carbocycles. The summed E-state index contributed by atoms with van der Waals surface area (Å²) in [5.74, 6) is -0.0726. The molecule has 0 bridgehead atoms. The number of allylic oxidation sites excluding steroid dienone is 2. The van der Waals surface area contributed by atoms with E-state index in [9.17, 15) is 4.79 Å². The van der Waals surface area contributed by atoms with Crippen molar-refractivity contribution in [2.75, 3.05) is 33.1 Å². The van der Waals surface area contributed by atoms with Crippen molar-refractivity contribution in [3.63, 3.8) is 0 Å². The molecule has 2 aromatic rings. The third kappa shape index (κ3) is 3.84. The second-order valence-corrected chi connectivity index (χ2v) is 8.46. The fraction of sp³-hybridized carbons (Fsp3) is 0.360. The van der Waals surface area contributed by atoms with Gasteiger partial charge in [0.25, 0.3) is 0 Å². The Morgan fingerprint density at radius 1 is 0.933 bits per heavy atom. The monoisotopic (exact) mass is 404 g/mol. The molecule has 1 aromatic heterocycles. The smallest absolute Gasteiger partial charge is 0.166 e. The topological polar surface area (TPSA) is 51.7 Å². The van der Waals surface area contributed by atoms with E-state index in [1.54, 1.807) is 0 Å². The number of hydrogen-bond donors (Lipinski definition) is 1. The zero-order valence-corrected chi connectivity index (χ0v) is 19.3. The number of H-pyrrole nitrogens is 1. The van der Waals surface area contributed by atoms with E-state index < -0.39 is 0 Å². The maximum Gasteiger partial charge on any atom is 0.166 e. The fourth-order valence-corrected chi connectivity index (χ4v) is 3.90. The summed E-state index contributed by atoms with van der Waals surface area (Å²) in [6, 6.07) is 8.59. The molecule has 158 valence electrons. The van der Waals surface area contributed by atoms with E-state index in [-0.39, 0.29) is 5.92 Å². The van der Waals surface area contributed by atoms with Gasteiger partial charge < -0.3 is 14.8 Å². The Balaban J connectivity index is 2.22. The largest absolute Gasteiger partial charge is 0.382 e. The number of nitrogens with one attached hydrogen (secondary N) is 1. The maximum absolute atomic E-state index is 11.6. The Morgan fingerprint density at radius 3 is 2.07 bits per heavy atom. The molecule has 0 aliphatic carbocycles. The van der Waals surface area contributed by atoms with E-state index in [4.69, 9.17) is 4.99 Å².